The van der Waals surface area contributed by atoms with Gasteiger partial charge in [-0.2, -0.15) is 11.8 Å². The highest BCUT2D eigenvalue weighted by molar-refractivity contribution is 7.98. The number of amides is 1. The molecule has 0 aliphatic heterocycles. The molecular weight excluding hydrogens is 388 g/mol. The first-order valence-corrected chi connectivity index (χ1v) is 11.1. The summed E-state index contributed by atoms with van der Waals surface area (Å²) in [5.74, 6) is 2.06. The van der Waals surface area contributed by atoms with Crippen LogP contribution in [-0.4, -0.2) is 39.8 Å². The Labute approximate surface area is 163 Å². The van der Waals surface area contributed by atoms with E-state index >= 15 is 0 Å². The zero-order valence-electron chi connectivity index (χ0n) is 15.5. The Morgan fingerprint density at radius 2 is 2.07 bits per heavy atom. The van der Waals surface area contributed by atoms with E-state index in [4.69, 9.17) is 9.15 Å². The van der Waals surface area contributed by atoms with E-state index in [9.17, 15) is 13.2 Å². The summed E-state index contributed by atoms with van der Waals surface area (Å²) < 4.78 is 38.0. The molecule has 1 heterocycles. The Balaban J connectivity index is 2.00. The lowest BCUT2D eigenvalue weighted by molar-refractivity contribution is 0.0940. The van der Waals surface area contributed by atoms with Crippen LogP contribution < -0.4 is 14.8 Å². The summed E-state index contributed by atoms with van der Waals surface area (Å²) in [4.78, 5) is 12.3. The lowest BCUT2D eigenvalue weighted by Crippen LogP contribution is -2.31. The number of carbonyl (C=O) groups is 1. The van der Waals surface area contributed by atoms with Gasteiger partial charge in [0.1, 0.15) is 11.5 Å². The maximum Gasteiger partial charge on any atom is 0.255 e. The normalized spacial score (nSPS) is 11.6. The number of hydrogen-bond acceptors (Lipinski definition) is 6. The monoisotopic (exact) mass is 412 g/mol. The highest BCUT2D eigenvalue weighted by Crippen LogP contribution is 2.22. The summed E-state index contributed by atoms with van der Waals surface area (Å²) in [5.41, 5.74) is 0.182. The number of furan rings is 1. The van der Waals surface area contributed by atoms with Gasteiger partial charge in [-0.1, -0.05) is 0 Å². The molecule has 2 aromatic rings. The van der Waals surface area contributed by atoms with Gasteiger partial charge in [-0.15, -0.1) is 0 Å². The van der Waals surface area contributed by atoms with E-state index in [1.807, 2.05) is 26.0 Å². The third-order valence-corrected chi connectivity index (χ3v) is 5.95. The number of nitrogens with one attached hydrogen (secondary N) is 2. The first kappa shape index (κ1) is 21.3. The van der Waals surface area contributed by atoms with Gasteiger partial charge in [0.05, 0.1) is 29.6 Å². The molecule has 1 aromatic heterocycles. The van der Waals surface area contributed by atoms with Gasteiger partial charge >= 0.3 is 0 Å². The van der Waals surface area contributed by atoms with Crippen molar-refractivity contribution in [1.82, 2.24) is 10.0 Å². The van der Waals surface area contributed by atoms with Crippen molar-refractivity contribution in [3.63, 3.8) is 0 Å². The van der Waals surface area contributed by atoms with Gasteiger partial charge < -0.3 is 14.5 Å². The maximum absolute atomic E-state index is 12.5. The summed E-state index contributed by atoms with van der Waals surface area (Å²) >= 11 is 1.56. The van der Waals surface area contributed by atoms with E-state index in [0.717, 1.165) is 5.76 Å². The highest BCUT2D eigenvalue weighted by atomic mass is 32.2. The zero-order chi connectivity index (χ0) is 19.9. The Morgan fingerprint density at radius 3 is 2.70 bits per heavy atom. The molecular formula is C18H24N2O5S2. The first-order valence-electron chi connectivity index (χ1n) is 8.42. The summed E-state index contributed by atoms with van der Waals surface area (Å²) in [6.45, 7) is 3.92. The van der Waals surface area contributed by atoms with E-state index in [1.165, 1.54) is 25.3 Å². The molecule has 1 aromatic carbocycles. The van der Waals surface area contributed by atoms with Gasteiger partial charge in [-0.05, 0) is 44.2 Å². The van der Waals surface area contributed by atoms with Crippen LogP contribution in [0, 0.1) is 0 Å². The van der Waals surface area contributed by atoms with Crippen LogP contribution in [0.1, 0.15) is 30.0 Å². The molecule has 0 spiro atoms. The third kappa shape index (κ3) is 6.30. The Kier molecular flexibility index (Phi) is 7.76. The number of sulfonamides is 1. The second-order valence-electron chi connectivity index (χ2n) is 6.02. The Hall–Kier alpha value is -1.97. The fraction of sp³-hybridized carbons (Fsp3) is 0.389. The average molecular weight is 413 g/mol. The molecule has 1 amide bonds. The number of hydrogen-bond donors (Lipinski definition) is 2. The van der Waals surface area contributed by atoms with Crippen molar-refractivity contribution >= 4 is 27.7 Å². The number of carbonyl (C=O) groups excluding carboxylic acids is 1. The average Bonchev–Trinajstić information content (AvgIpc) is 3.13. The summed E-state index contributed by atoms with van der Waals surface area (Å²) in [6, 6.07) is 7.84. The molecule has 0 bridgehead atoms. The van der Waals surface area contributed by atoms with Crippen LogP contribution in [0.15, 0.2) is 45.9 Å². The third-order valence-electron chi connectivity index (χ3n) is 3.51. The van der Waals surface area contributed by atoms with Crippen molar-refractivity contribution < 1.29 is 22.4 Å². The smallest absolute Gasteiger partial charge is 0.255 e. The van der Waals surface area contributed by atoms with Crippen molar-refractivity contribution in [2.45, 2.75) is 30.5 Å². The van der Waals surface area contributed by atoms with Gasteiger partial charge in [0.25, 0.3) is 5.91 Å². The molecule has 2 rings (SSSR count). The minimum Gasteiger partial charge on any atom is -0.496 e. The van der Waals surface area contributed by atoms with Crippen molar-refractivity contribution in [3.8, 4) is 5.75 Å². The van der Waals surface area contributed by atoms with E-state index in [0.29, 0.717) is 17.3 Å². The summed E-state index contributed by atoms with van der Waals surface area (Å²) in [6.07, 6.45) is 1.61. The predicted octanol–water partition coefficient (Wildman–Crippen LogP) is 2.64. The summed E-state index contributed by atoms with van der Waals surface area (Å²) in [5, 5.41) is 2.74. The van der Waals surface area contributed by atoms with E-state index < -0.39 is 10.0 Å². The molecule has 0 atom stereocenters. The second-order valence-corrected chi connectivity index (χ2v) is 8.89. The molecule has 7 nitrogen and oxygen atoms in total. The van der Waals surface area contributed by atoms with Crippen LogP contribution in [-0.2, 0) is 15.8 Å². The molecule has 9 heteroatoms. The molecule has 148 valence electrons. The molecule has 0 radical (unpaired) electrons. The summed E-state index contributed by atoms with van der Waals surface area (Å²) in [7, 11) is -2.29. The van der Waals surface area contributed by atoms with Gasteiger partial charge in [0, 0.05) is 18.3 Å². The second kappa shape index (κ2) is 9.82. The van der Waals surface area contributed by atoms with Crippen LogP contribution in [0.4, 0.5) is 0 Å². The fourth-order valence-electron chi connectivity index (χ4n) is 2.27. The number of thioether (sulfide) groups is 1. The largest absolute Gasteiger partial charge is 0.496 e. The lowest BCUT2D eigenvalue weighted by Gasteiger charge is -2.13. The standard InChI is InChI=1S/C18H24N2O5S2/c1-13(2)20-18(21)16-11-15(6-7-17(16)24-3)27(22,23)19-8-10-26-12-14-5-4-9-25-14/h4-7,9,11,13,19H,8,10,12H2,1-3H3,(H,20,21). The molecule has 0 fully saturated rings. The van der Waals surface area contributed by atoms with Crippen LogP contribution in [0.2, 0.25) is 0 Å². The van der Waals surface area contributed by atoms with E-state index in [-0.39, 0.29) is 29.0 Å². The fourth-order valence-corrected chi connectivity index (χ4v) is 4.21. The molecule has 0 saturated carbocycles. The predicted molar refractivity (Wildman–Crippen MR) is 106 cm³/mol. The number of methoxy groups -OCH3 is 1. The van der Waals surface area contributed by atoms with Gasteiger partial charge in [-0.3, -0.25) is 4.79 Å². The quantitative estimate of drug-likeness (QED) is 0.582. The first-order chi connectivity index (χ1) is 12.8. The SMILES string of the molecule is COc1ccc(S(=O)(=O)NCCSCc2ccco2)cc1C(=O)NC(C)C. The Morgan fingerprint density at radius 1 is 1.30 bits per heavy atom. The molecule has 27 heavy (non-hydrogen) atoms. The maximum atomic E-state index is 12.5. The van der Waals surface area contributed by atoms with Crippen molar-refractivity contribution in [1.29, 1.82) is 0 Å². The molecule has 2 N–H and O–H groups in total. The van der Waals surface area contributed by atoms with Crippen LogP contribution in [0.3, 0.4) is 0 Å². The molecule has 0 saturated heterocycles. The zero-order valence-corrected chi connectivity index (χ0v) is 17.2. The van der Waals surface area contributed by atoms with Gasteiger partial charge in [0.15, 0.2) is 0 Å². The highest BCUT2D eigenvalue weighted by Gasteiger charge is 2.20. The molecule has 0 aliphatic rings. The molecule has 0 aliphatic carbocycles. The van der Waals surface area contributed by atoms with Crippen LogP contribution >= 0.6 is 11.8 Å². The number of ether oxygens (including phenoxy) is 1. The lowest BCUT2D eigenvalue weighted by atomic mass is 10.2. The van der Waals surface area contributed by atoms with E-state index in [2.05, 4.69) is 10.0 Å². The van der Waals surface area contributed by atoms with Crippen LogP contribution in [0.25, 0.3) is 0 Å². The van der Waals surface area contributed by atoms with Crippen molar-refractivity contribution in [2.75, 3.05) is 19.4 Å². The van der Waals surface area contributed by atoms with E-state index in [1.54, 1.807) is 18.0 Å². The van der Waals surface area contributed by atoms with Gasteiger partial charge in [0.2, 0.25) is 10.0 Å². The van der Waals surface area contributed by atoms with Crippen molar-refractivity contribution in [2.24, 2.45) is 0 Å². The minimum atomic E-state index is -3.73. The Bertz CT molecular complexity index is 849. The van der Waals surface area contributed by atoms with Gasteiger partial charge in [-0.25, -0.2) is 13.1 Å². The minimum absolute atomic E-state index is 0.0215. The van der Waals surface area contributed by atoms with Crippen LogP contribution in [0.5, 0.6) is 5.75 Å². The number of benzene rings is 1. The topological polar surface area (TPSA) is 97.6 Å². The molecule has 0 unspecified atom stereocenters. The number of rotatable bonds is 10. The van der Waals surface area contributed by atoms with Crippen molar-refractivity contribution in [3.05, 3.63) is 47.9 Å².